The maximum atomic E-state index is 10.8. The molecule has 0 unspecified atom stereocenters. The Labute approximate surface area is 87.5 Å². The minimum atomic E-state index is -0.0677. The first-order valence-corrected chi connectivity index (χ1v) is 4.63. The van der Waals surface area contributed by atoms with Crippen LogP contribution in [-0.2, 0) is 4.79 Å². The molecule has 0 spiro atoms. The molecule has 0 aliphatic carbocycles. The van der Waals surface area contributed by atoms with Gasteiger partial charge < -0.3 is 5.32 Å². The summed E-state index contributed by atoms with van der Waals surface area (Å²) in [5.41, 5.74) is 1.76. The van der Waals surface area contributed by atoms with Gasteiger partial charge in [0.25, 0.3) is 0 Å². The molecule has 1 aromatic carbocycles. The molecule has 15 heavy (non-hydrogen) atoms. The van der Waals surface area contributed by atoms with Crippen molar-refractivity contribution in [1.29, 1.82) is 0 Å². The van der Waals surface area contributed by atoms with Crippen LogP contribution >= 0.6 is 0 Å². The summed E-state index contributed by atoms with van der Waals surface area (Å²) in [6.07, 6.45) is 3.59. The van der Waals surface area contributed by atoms with Crippen LogP contribution in [0.5, 0.6) is 0 Å². The Kier molecular flexibility index (Phi) is 2.49. The average molecular weight is 201 g/mol. The van der Waals surface area contributed by atoms with Crippen molar-refractivity contribution in [3.05, 3.63) is 42.7 Å². The molecule has 1 N–H and O–H groups in total. The van der Waals surface area contributed by atoms with Gasteiger partial charge in [-0.05, 0) is 30.3 Å². The Bertz CT molecular complexity index is 445. The molecule has 0 saturated heterocycles. The summed E-state index contributed by atoms with van der Waals surface area (Å²) < 4.78 is 1.76. The standard InChI is InChI=1S/C11H11N3O/c1-9(15)13-10-3-5-11(6-4-10)14-8-2-7-12-14/h2-8H,1H3,(H,13,15). The summed E-state index contributed by atoms with van der Waals surface area (Å²) in [6.45, 7) is 1.49. The molecule has 0 aliphatic heterocycles. The van der Waals surface area contributed by atoms with Gasteiger partial charge in [0.2, 0.25) is 5.91 Å². The van der Waals surface area contributed by atoms with Gasteiger partial charge in [0.05, 0.1) is 5.69 Å². The molecule has 1 amide bonds. The van der Waals surface area contributed by atoms with E-state index in [2.05, 4.69) is 10.4 Å². The molecule has 0 radical (unpaired) electrons. The molecule has 4 heteroatoms. The molecular formula is C11H11N3O. The van der Waals surface area contributed by atoms with Crippen LogP contribution in [0, 0.1) is 0 Å². The van der Waals surface area contributed by atoms with Crippen LogP contribution in [0.3, 0.4) is 0 Å². The largest absolute Gasteiger partial charge is 0.326 e. The molecule has 0 aliphatic rings. The van der Waals surface area contributed by atoms with Crippen LogP contribution < -0.4 is 5.32 Å². The highest BCUT2D eigenvalue weighted by atomic mass is 16.1. The number of nitrogens with zero attached hydrogens (tertiary/aromatic N) is 2. The first kappa shape index (κ1) is 9.45. The number of rotatable bonds is 2. The molecule has 76 valence electrons. The first-order chi connectivity index (χ1) is 7.25. The Morgan fingerprint density at radius 2 is 2.07 bits per heavy atom. The van der Waals surface area contributed by atoms with E-state index >= 15 is 0 Å². The number of carbonyl (C=O) groups is 1. The van der Waals surface area contributed by atoms with Crippen LogP contribution in [0.1, 0.15) is 6.92 Å². The van der Waals surface area contributed by atoms with Crippen molar-refractivity contribution in [2.45, 2.75) is 6.92 Å². The summed E-state index contributed by atoms with van der Waals surface area (Å²) in [5, 5.41) is 6.82. The van der Waals surface area contributed by atoms with Crippen molar-refractivity contribution in [1.82, 2.24) is 9.78 Å². The highest BCUT2D eigenvalue weighted by Crippen LogP contribution is 2.12. The molecular weight excluding hydrogens is 190 g/mol. The Morgan fingerprint density at radius 1 is 1.33 bits per heavy atom. The van der Waals surface area contributed by atoms with Crippen LogP contribution in [0.2, 0.25) is 0 Å². The topological polar surface area (TPSA) is 46.9 Å². The van der Waals surface area contributed by atoms with Crippen molar-refractivity contribution in [3.8, 4) is 5.69 Å². The minimum absolute atomic E-state index is 0.0677. The zero-order valence-electron chi connectivity index (χ0n) is 8.34. The normalized spacial score (nSPS) is 9.93. The molecule has 0 saturated carbocycles. The maximum absolute atomic E-state index is 10.8. The van der Waals surface area contributed by atoms with Crippen LogP contribution in [0.15, 0.2) is 42.7 Å². The van der Waals surface area contributed by atoms with E-state index in [1.54, 1.807) is 10.9 Å². The van der Waals surface area contributed by atoms with Crippen LogP contribution in [-0.4, -0.2) is 15.7 Å². The smallest absolute Gasteiger partial charge is 0.221 e. The SMILES string of the molecule is CC(=O)Nc1ccc(-n2cccn2)cc1. The second kappa shape index (κ2) is 3.96. The van der Waals surface area contributed by atoms with Crippen LogP contribution in [0.4, 0.5) is 5.69 Å². The third kappa shape index (κ3) is 2.22. The third-order valence-electron chi connectivity index (χ3n) is 1.96. The van der Waals surface area contributed by atoms with Gasteiger partial charge in [0, 0.05) is 25.0 Å². The van der Waals surface area contributed by atoms with Gasteiger partial charge in [-0.3, -0.25) is 4.79 Å². The number of nitrogens with one attached hydrogen (secondary N) is 1. The van der Waals surface area contributed by atoms with E-state index in [1.807, 2.05) is 36.5 Å². The van der Waals surface area contributed by atoms with E-state index in [1.165, 1.54) is 6.92 Å². The molecule has 2 rings (SSSR count). The molecule has 4 nitrogen and oxygen atoms in total. The van der Waals surface area contributed by atoms with Crippen molar-refractivity contribution in [3.63, 3.8) is 0 Å². The van der Waals surface area contributed by atoms with E-state index < -0.39 is 0 Å². The second-order valence-electron chi connectivity index (χ2n) is 3.18. The van der Waals surface area contributed by atoms with Gasteiger partial charge in [-0.1, -0.05) is 0 Å². The maximum Gasteiger partial charge on any atom is 0.221 e. The van der Waals surface area contributed by atoms with Crippen molar-refractivity contribution < 1.29 is 4.79 Å². The fraction of sp³-hybridized carbons (Fsp3) is 0.0909. The Hall–Kier alpha value is -2.10. The number of carbonyl (C=O) groups excluding carboxylic acids is 1. The number of hydrogen-bond acceptors (Lipinski definition) is 2. The lowest BCUT2D eigenvalue weighted by Crippen LogP contribution is -2.05. The van der Waals surface area contributed by atoms with E-state index in [0.717, 1.165) is 11.4 Å². The fourth-order valence-electron chi connectivity index (χ4n) is 1.32. The molecule has 0 fully saturated rings. The summed E-state index contributed by atoms with van der Waals surface area (Å²) in [6, 6.07) is 9.36. The molecule has 1 heterocycles. The van der Waals surface area contributed by atoms with E-state index in [0.29, 0.717) is 0 Å². The quantitative estimate of drug-likeness (QED) is 0.805. The van der Waals surface area contributed by atoms with E-state index in [9.17, 15) is 4.79 Å². The van der Waals surface area contributed by atoms with Gasteiger partial charge in [-0.25, -0.2) is 4.68 Å². The van der Waals surface area contributed by atoms with Gasteiger partial charge >= 0.3 is 0 Å². The predicted octanol–water partition coefficient (Wildman–Crippen LogP) is 1.83. The number of aromatic nitrogens is 2. The summed E-state index contributed by atoms with van der Waals surface area (Å²) in [4.78, 5) is 10.8. The van der Waals surface area contributed by atoms with Gasteiger partial charge in [-0.15, -0.1) is 0 Å². The van der Waals surface area contributed by atoms with Crippen molar-refractivity contribution in [2.24, 2.45) is 0 Å². The molecule has 1 aromatic heterocycles. The lowest BCUT2D eigenvalue weighted by molar-refractivity contribution is -0.114. The lowest BCUT2D eigenvalue weighted by Gasteiger charge is -2.04. The minimum Gasteiger partial charge on any atom is -0.326 e. The fourth-order valence-corrected chi connectivity index (χ4v) is 1.32. The van der Waals surface area contributed by atoms with E-state index in [-0.39, 0.29) is 5.91 Å². The summed E-state index contributed by atoms with van der Waals surface area (Å²) in [7, 11) is 0. The predicted molar refractivity (Wildman–Crippen MR) is 57.9 cm³/mol. The van der Waals surface area contributed by atoms with Crippen LogP contribution in [0.25, 0.3) is 5.69 Å². The van der Waals surface area contributed by atoms with Gasteiger partial charge in [0.15, 0.2) is 0 Å². The summed E-state index contributed by atoms with van der Waals surface area (Å²) >= 11 is 0. The number of amides is 1. The third-order valence-corrected chi connectivity index (χ3v) is 1.96. The highest BCUT2D eigenvalue weighted by Gasteiger charge is 1.97. The lowest BCUT2D eigenvalue weighted by atomic mass is 10.3. The van der Waals surface area contributed by atoms with Gasteiger partial charge in [0.1, 0.15) is 0 Å². The second-order valence-corrected chi connectivity index (χ2v) is 3.18. The monoisotopic (exact) mass is 201 g/mol. The number of hydrogen-bond donors (Lipinski definition) is 1. The first-order valence-electron chi connectivity index (χ1n) is 4.63. The Morgan fingerprint density at radius 3 is 2.60 bits per heavy atom. The Balaban J connectivity index is 2.21. The number of benzene rings is 1. The molecule has 0 bridgehead atoms. The molecule has 0 atom stereocenters. The highest BCUT2D eigenvalue weighted by molar-refractivity contribution is 5.88. The average Bonchev–Trinajstić information content (AvgIpc) is 2.71. The van der Waals surface area contributed by atoms with Crippen molar-refractivity contribution >= 4 is 11.6 Å². The summed E-state index contributed by atoms with van der Waals surface area (Å²) in [5.74, 6) is -0.0677. The van der Waals surface area contributed by atoms with E-state index in [4.69, 9.17) is 0 Å². The molecule has 2 aromatic rings. The van der Waals surface area contributed by atoms with Gasteiger partial charge in [-0.2, -0.15) is 5.10 Å². The van der Waals surface area contributed by atoms with Crippen molar-refractivity contribution in [2.75, 3.05) is 5.32 Å². The zero-order valence-corrected chi connectivity index (χ0v) is 8.34. The number of anilines is 1. The zero-order chi connectivity index (χ0) is 10.7.